The molecule has 2 aromatic heterocycles. The third kappa shape index (κ3) is 4.23. The maximum atomic E-state index is 12.7. The Morgan fingerprint density at radius 2 is 2.03 bits per heavy atom. The third-order valence-corrected chi connectivity index (χ3v) is 5.89. The highest BCUT2D eigenvalue weighted by Crippen LogP contribution is 2.31. The van der Waals surface area contributed by atoms with E-state index in [0.717, 1.165) is 21.5 Å². The fourth-order valence-corrected chi connectivity index (χ4v) is 4.56. The molecule has 1 N–H and O–H groups in total. The van der Waals surface area contributed by atoms with Crippen molar-refractivity contribution in [3.63, 3.8) is 0 Å². The summed E-state index contributed by atoms with van der Waals surface area (Å²) in [6, 6.07) is 9.26. The average Bonchev–Trinajstić information content (AvgIpc) is 3.35. The SMILES string of the molecule is COc1cc(C(=O)Nc2nc3c(C)cc(C)cc3s2)ccc1OCc1cscn1. The van der Waals surface area contributed by atoms with Gasteiger partial charge in [0.25, 0.3) is 5.91 Å². The van der Waals surface area contributed by atoms with E-state index in [4.69, 9.17) is 9.47 Å². The number of hydrogen-bond donors (Lipinski definition) is 1. The topological polar surface area (TPSA) is 73.3 Å². The number of anilines is 1. The van der Waals surface area contributed by atoms with Gasteiger partial charge in [-0.05, 0) is 49.2 Å². The Kier molecular flexibility index (Phi) is 5.46. The highest BCUT2D eigenvalue weighted by Gasteiger charge is 2.14. The first kappa shape index (κ1) is 19.4. The van der Waals surface area contributed by atoms with Gasteiger partial charge in [0.1, 0.15) is 6.61 Å². The lowest BCUT2D eigenvalue weighted by molar-refractivity contribution is 0.102. The van der Waals surface area contributed by atoms with Crippen LogP contribution >= 0.6 is 22.7 Å². The first-order valence-electron chi connectivity index (χ1n) is 8.90. The molecular weight excluding hydrogens is 406 g/mol. The van der Waals surface area contributed by atoms with Crippen LogP contribution in [0.3, 0.4) is 0 Å². The summed E-state index contributed by atoms with van der Waals surface area (Å²) in [6.45, 7) is 4.42. The highest BCUT2D eigenvalue weighted by atomic mass is 32.1. The van der Waals surface area contributed by atoms with Crippen LogP contribution in [0.1, 0.15) is 27.2 Å². The molecule has 0 saturated carbocycles. The number of rotatable bonds is 6. The highest BCUT2D eigenvalue weighted by molar-refractivity contribution is 7.22. The summed E-state index contributed by atoms with van der Waals surface area (Å²) in [5.41, 5.74) is 6.26. The summed E-state index contributed by atoms with van der Waals surface area (Å²) in [6.07, 6.45) is 0. The number of benzene rings is 2. The van der Waals surface area contributed by atoms with Crippen LogP contribution in [0.4, 0.5) is 5.13 Å². The quantitative estimate of drug-likeness (QED) is 0.459. The first-order valence-corrected chi connectivity index (χ1v) is 10.7. The minimum atomic E-state index is -0.247. The van der Waals surface area contributed by atoms with Gasteiger partial charge in [-0.15, -0.1) is 11.3 Å². The molecule has 0 atom stereocenters. The molecule has 0 spiro atoms. The molecule has 0 aliphatic carbocycles. The van der Waals surface area contributed by atoms with Crippen molar-refractivity contribution in [1.29, 1.82) is 0 Å². The molecule has 6 nitrogen and oxygen atoms in total. The number of nitrogens with one attached hydrogen (secondary N) is 1. The van der Waals surface area contributed by atoms with Crippen LogP contribution in [0, 0.1) is 13.8 Å². The third-order valence-electron chi connectivity index (χ3n) is 4.34. The van der Waals surface area contributed by atoms with E-state index in [-0.39, 0.29) is 5.91 Å². The lowest BCUT2D eigenvalue weighted by Crippen LogP contribution is -2.12. The van der Waals surface area contributed by atoms with E-state index in [9.17, 15) is 4.79 Å². The summed E-state index contributed by atoms with van der Waals surface area (Å²) in [4.78, 5) is 21.5. The van der Waals surface area contributed by atoms with Gasteiger partial charge in [0, 0.05) is 10.9 Å². The van der Waals surface area contributed by atoms with Crippen LogP contribution in [-0.2, 0) is 6.61 Å². The van der Waals surface area contributed by atoms with Gasteiger partial charge < -0.3 is 9.47 Å². The van der Waals surface area contributed by atoms with Crippen molar-refractivity contribution in [3.05, 3.63) is 63.6 Å². The van der Waals surface area contributed by atoms with Crippen molar-refractivity contribution >= 4 is 43.9 Å². The number of ether oxygens (including phenoxy) is 2. The molecule has 8 heteroatoms. The van der Waals surface area contributed by atoms with Crippen LogP contribution in [-0.4, -0.2) is 23.0 Å². The summed E-state index contributed by atoms with van der Waals surface area (Å²) < 4.78 is 12.2. The number of thiazole rings is 2. The zero-order valence-corrected chi connectivity index (χ0v) is 17.8. The number of methoxy groups -OCH3 is 1. The van der Waals surface area contributed by atoms with Gasteiger partial charge in [-0.3, -0.25) is 10.1 Å². The molecule has 148 valence electrons. The molecule has 0 bridgehead atoms. The predicted octanol–water partition coefficient (Wildman–Crippen LogP) is 5.21. The summed E-state index contributed by atoms with van der Waals surface area (Å²) in [5.74, 6) is 0.801. The largest absolute Gasteiger partial charge is 0.493 e. The first-order chi connectivity index (χ1) is 14.0. The lowest BCUT2D eigenvalue weighted by atomic mass is 10.1. The molecule has 29 heavy (non-hydrogen) atoms. The van der Waals surface area contributed by atoms with Gasteiger partial charge in [0.2, 0.25) is 0 Å². The molecule has 2 aromatic carbocycles. The Hall–Kier alpha value is -2.97. The van der Waals surface area contributed by atoms with Crippen molar-refractivity contribution in [2.24, 2.45) is 0 Å². The van der Waals surface area contributed by atoms with Crippen molar-refractivity contribution in [3.8, 4) is 11.5 Å². The predicted molar refractivity (Wildman–Crippen MR) is 116 cm³/mol. The average molecular weight is 426 g/mol. The van der Waals surface area contributed by atoms with Gasteiger partial charge in [0.15, 0.2) is 16.6 Å². The van der Waals surface area contributed by atoms with E-state index in [1.165, 1.54) is 28.2 Å². The molecule has 1 amide bonds. The van der Waals surface area contributed by atoms with Gasteiger partial charge in [-0.1, -0.05) is 17.4 Å². The van der Waals surface area contributed by atoms with Gasteiger partial charge >= 0.3 is 0 Å². The smallest absolute Gasteiger partial charge is 0.257 e. The fraction of sp³-hybridized carbons (Fsp3) is 0.190. The molecule has 0 unspecified atom stereocenters. The maximum absolute atomic E-state index is 12.7. The molecule has 0 fully saturated rings. The second-order valence-corrected chi connectivity index (χ2v) is 8.29. The summed E-state index contributed by atoms with van der Waals surface area (Å²) in [5, 5.41) is 5.38. The number of hydrogen-bond acceptors (Lipinski definition) is 7. The Bertz CT molecular complexity index is 1170. The standard InChI is InChI=1S/C21H19N3O3S2/c1-12-6-13(2)19-18(7-12)29-21(23-19)24-20(25)14-4-5-16(17(8-14)26-3)27-9-15-10-28-11-22-15/h4-8,10-11H,9H2,1-3H3,(H,23,24,25). The molecular formula is C21H19N3O3S2. The van der Waals surface area contributed by atoms with Crippen LogP contribution in [0.25, 0.3) is 10.2 Å². The number of amides is 1. The molecule has 2 heterocycles. The van der Waals surface area contributed by atoms with Crippen LogP contribution < -0.4 is 14.8 Å². The van der Waals surface area contributed by atoms with Crippen LogP contribution in [0.15, 0.2) is 41.2 Å². The van der Waals surface area contributed by atoms with Crippen molar-refractivity contribution < 1.29 is 14.3 Å². The minimum absolute atomic E-state index is 0.247. The number of carbonyl (C=O) groups excluding carboxylic acids is 1. The van der Waals surface area contributed by atoms with Crippen LogP contribution in [0.2, 0.25) is 0 Å². The summed E-state index contributed by atoms with van der Waals surface area (Å²) in [7, 11) is 1.55. The van der Waals surface area contributed by atoms with E-state index in [2.05, 4.69) is 34.3 Å². The maximum Gasteiger partial charge on any atom is 0.257 e. The van der Waals surface area contributed by atoms with Crippen molar-refractivity contribution in [1.82, 2.24) is 9.97 Å². The van der Waals surface area contributed by atoms with E-state index in [1.807, 2.05) is 12.3 Å². The molecule has 4 aromatic rings. The fourth-order valence-electron chi connectivity index (χ4n) is 2.98. The van der Waals surface area contributed by atoms with Gasteiger partial charge in [-0.25, -0.2) is 9.97 Å². The lowest BCUT2D eigenvalue weighted by Gasteiger charge is -2.11. The molecule has 0 saturated heterocycles. The Morgan fingerprint density at radius 1 is 1.17 bits per heavy atom. The second-order valence-electron chi connectivity index (χ2n) is 6.54. The molecule has 4 rings (SSSR count). The Balaban J connectivity index is 1.51. The number of fused-ring (bicyclic) bond motifs is 1. The van der Waals surface area contributed by atoms with Crippen molar-refractivity contribution in [2.75, 3.05) is 12.4 Å². The van der Waals surface area contributed by atoms with E-state index in [1.54, 1.807) is 30.8 Å². The van der Waals surface area contributed by atoms with Gasteiger partial charge in [-0.2, -0.15) is 0 Å². The number of aryl methyl sites for hydroxylation is 2. The number of nitrogens with zero attached hydrogens (tertiary/aromatic N) is 2. The van der Waals surface area contributed by atoms with E-state index in [0.29, 0.717) is 28.8 Å². The molecule has 0 aliphatic rings. The number of aromatic nitrogens is 2. The van der Waals surface area contributed by atoms with Crippen molar-refractivity contribution in [2.45, 2.75) is 20.5 Å². The summed E-state index contributed by atoms with van der Waals surface area (Å²) >= 11 is 2.98. The zero-order valence-electron chi connectivity index (χ0n) is 16.2. The minimum Gasteiger partial charge on any atom is -0.493 e. The Labute approximate surface area is 176 Å². The second kappa shape index (κ2) is 8.18. The normalized spacial score (nSPS) is 10.9. The zero-order chi connectivity index (χ0) is 20.4. The van der Waals surface area contributed by atoms with E-state index < -0.39 is 0 Å². The van der Waals surface area contributed by atoms with Gasteiger partial charge in [0.05, 0.1) is 28.5 Å². The molecule has 0 radical (unpaired) electrons. The monoisotopic (exact) mass is 425 g/mol. The van der Waals surface area contributed by atoms with Crippen LogP contribution in [0.5, 0.6) is 11.5 Å². The van der Waals surface area contributed by atoms with E-state index >= 15 is 0 Å². The molecule has 0 aliphatic heterocycles. The number of carbonyl (C=O) groups is 1. The Morgan fingerprint density at radius 3 is 2.79 bits per heavy atom.